The van der Waals surface area contributed by atoms with Gasteiger partial charge in [0.1, 0.15) is 29.1 Å². The highest BCUT2D eigenvalue weighted by molar-refractivity contribution is 14.1. The van der Waals surface area contributed by atoms with Gasteiger partial charge in [0.05, 0.1) is 34.1 Å². The standard InChI is InChI=1S/C66H42F5IN2/c1-39-5-3-7-59(65(39)70)73(61-37-49(23-33-55(61)68)45-13-9-41(10-14-45)43-17-27-51(67)28-18-43)57-35-25-47-22-32-54-58(36-26-48-21-31-53(57)63(47)64(48)54)74(60-8-4-6-40(2)66(60)71)62-38-50(24-34-56(62)69)46-15-11-42(12-16-46)44-19-29-52(72)30-20-44/h3-38H,1-2H3. The predicted octanol–water partition coefficient (Wildman–Crippen LogP) is 20.1. The highest BCUT2D eigenvalue weighted by atomic mass is 127. The Labute approximate surface area is 438 Å². The van der Waals surface area contributed by atoms with Gasteiger partial charge in [-0.3, -0.25) is 0 Å². The molecule has 8 heteroatoms. The SMILES string of the molecule is Cc1cccc(N(c2cc(-c3ccc(-c4ccc(F)cc4)cc3)ccc2F)c2ccc3ccc4c(N(c5cc(-c6ccc(-c7ccc(I)cc7)cc6)ccc5F)c5cccc(C)c5F)ccc5ccc2c3c54)c1F. The molecule has 0 radical (unpaired) electrons. The second-order valence-corrected chi connectivity index (χ2v) is 19.8. The quantitative estimate of drug-likeness (QED) is 0.0765. The van der Waals surface area contributed by atoms with Crippen LogP contribution in [0.5, 0.6) is 0 Å². The lowest BCUT2D eigenvalue weighted by Gasteiger charge is -2.30. The highest BCUT2D eigenvalue weighted by Gasteiger charge is 2.27. The van der Waals surface area contributed by atoms with Crippen LogP contribution in [0.3, 0.4) is 0 Å². The Kier molecular flexibility index (Phi) is 11.9. The Balaban J connectivity index is 1.03. The van der Waals surface area contributed by atoms with Crippen molar-refractivity contribution in [2.45, 2.75) is 13.8 Å². The van der Waals surface area contributed by atoms with Crippen molar-refractivity contribution < 1.29 is 22.0 Å². The zero-order chi connectivity index (χ0) is 50.8. The van der Waals surface area contributed by atoms with Crippen LogP contribution in [0.4, 0.5) is 56.1 Å². The van der Waals surface area contributed by atoms with Crippen molar-refractivity contribution in [3.05, 3.63) is 262 Å². The summed E-state index contributed by atoms with van der Waals surface area (Å²) in [5.74, 6) is -2.41. The zero-order valence-electron chi connectivity index (χ0n) is 39.9. The molecule has 0 heterocycles. The summed E-state index contributed by atoms with van der Waals surface area (Å²) in [5, 5.41) is 4.81. The second kappa shape index (κ2) is 18.9. The number of benzene rings is 12. The molecule has 0 saturated carbocycles. The van der Waals surface area contributed by atoms with Gasteiger partial charge in [0.25, 0.3) is 0 Å². The van der Waals surface area contributed by atoms with Crippen LogP contribution in [0.2, 0.25) is 0 Å². The van der Waals surface area contributed by atoms with Gasteiger partial charge in [0, 0.05) is 14.3 Å². The van der Waals surface area contributed by atoms with Crippen molar-refractivity contribution in [1.82, 2.24) is 0 Å². The van der Waals surface area contributed by atoms with Gasteiger partial charge in [-0.15, -0.1) is 0 Å². The van der Waals surface area contributed by atoms with Crippen molar-refractivity contribution in [3.63, 3.8) is 0 Å². The van der Waals surface area contributed by atoms with E-state index in [0.29, 0.717) is 33.5 Å². The average Bonchev–Trinajstić information content (AvgIpc) is 3.45. The Morgan fingerprint density at radius 1 is 0.311 bits per heavy atom. The molecular formula is C66H42F5IN2. The summed E-state index contributed by atoms with van der Waals surface area (Å²) in [6, 6.07) is 66.0. The first-order valence-corrected chi connectivity index (χ1v) is 25.2. The van der Waals surface area contributed by atoms with E-state index in [2.05, 4.69) is 46.9 Å². The zero-order valence-corrected chi connectivity index (χ0v) is 42.1. The van der Waals surface area contributed by atoms with E-state index >= 15 is 17.6 Å². The van der Waals surface area contributed by atoms with Crippen LogP contribution < -0.4 is 9.80 Å². The van der Waals surface area contributed by atoms with E-state index < -0.39 is 23.3 Å². The normalized spacial score (nSPS) is 11.5. The lowest BCUT2D eigenvalue weighted by molar-refractivity contribution is 0.613. The van der Waals surface area contributed by atoms with Gasteiger partial charge in [0.2, 0.25) is 0 Å². The lowest BCUT2D eigenvalue weighted by Crippen LogP contribution is -2.15. The maximum absolute atomic E-state index is 16.8. The van der Waals surface area contributed by atoms with Crippen LogP contribution >= 0.6 is 22.6 Å². The van der Waals surface area contributed by atoms with E-state index in [1.54, 1.807) is 96.4 Å². The van der Waals surface area contributed by atoms with E-state index in [0.717, 1.165) is 69.4 Å². The second-order valence-electron chi connectivity index (χ2n) is 18.6. The summed E-state index contributed by atoms with van der Waals surface area (Å²) in [6.07, 6.45) is 0. The molecule has 0 N–H and O–H groups in total. The minimum absolute atomic E-state index is 0.131. The first-order chi connectivity index (χ1) is 36.0. The van der Waals surface area contributed by atoms with Gasteiger partial charge in [0.15, 0.2) is 0 Å². The molecule has 0 amide bonds. The summed E-state index contributed by atoms with van der Waals surface area (Å²) >= 11 is 2.29. The van der Waals surface area contributed by atoms with Crippen LogP contribution in [0.15, 0.2) is 218 Å². The Bertz CT molecular complexity index is 3830. The van der Waals surface area contributed by atoms with Crippen molar-refractivity contribution in [3.8, 4) is 44.5 Å². The fourth-order valence-corrected chi connectivity index (χ4v) is 10.6. The van der Waals surface area contributed by atoms with Crippen LogP contribution in [-0.4, -0.2) is 0 Å². The number of nitrogens with zero attached hydrogens (tertiary/aromatic N) is 2. The summed E-state index contributed by atoms with van der Waals surface area (Å²) in [5.41, 5.74) is 9.47. The molecule has 358 valence electrons. The fraction of sp³-hybridized carbons (Fsp3) is 0.0303. The molecule has 0 unspecified atom stereocenters. The van der Waals surface area contributed by atoms with Gasteiger partial charge in [-0.2, -0.15) is 0 Å². The summed E-state index contributed by atoms with van der Waals surface area (Å²) in [6.45, 7) is 3.37. The van der Waals surface area contributed by atoms with Crippen molar-refractivity contribution >= 4 is 89.0 Å². The van der Waals surface area contributed by atoms with Crippen LogP contribution in [0.25, 0.3) is 76.8 Å². The number of aryl methyl sites for hydroxylation is 2. The molecule has 2 nitrogen and oxygen atoms in total. The monoisotopic (exact) mass is 1080 g/mol. The van der Waals surface area contributed by atoms with Crippen molar-refractivity contribution in [2.75, 3.05) is 9.80 Å². The smallest absolute Gasteiger partial charge is 0.150 e. The minimum Gasteiger partial charge on any atom is -0.304 e. The van der Waals surface area contributed by atoms with Gasteiger partial charge >= 0.3 is 0 Å². The molecule has 0 aromatic heterocycles. The number of hydrogen-bond donors (Lipinski definition) is 0. The van der Waals surface area contributed by atoms with E-state index in [9.17, 15) is 4.39 Å². The lowest BCUT2D eigenvalue weighted by atomic mass is 9.91. The molecule has 0 aliphatic heterocycles. The van der Waals surface area contributed by atoms with E-state index in [1.165, 1.54) is 24.3 Å². The molecule has 0 aliphatic carbocycles. The molecular weight excluding hydrogens is 1040 g/mol. The van der Waals surface area contributed by atoms with E-state index in [1.807, 2.05) is 97.1 Å². The third-order valence-electron chi connectivity index (χ3n) is 14.1. The molecule has 0 saturated heterocycles. The molecule has 74 heavy (non-hydrogen) atoms. The molecule has 0 bridgehead atoms. The third-order valence-corrected chi connectivity index (χ3v) is 14.8. The fourth-order valence-electron chi connectivity index (χ4n) is 10.3. The summed E-state index contributed by atoms with van der Waals surface area (Å²) in [7, 11) is 0. The van der Waals surface area contributed by atoms with Crippen LogP contribution in [0.1, 0.15) is 11.1 Å². The minimum atomic E-state index is -0.562. The average molecular weight is 1080 g/mol. The Hall–Kier alpha value is -8.34. The van der Waals surface area contributed by atoms with Gasteiger partial charge in [-0.05, 0) is 186 Å². The Morgan fingerprint density at radius 2 is 0.649 bits per heavy atom. The summed E-state index contributed by atoms with van der Waals surface area (Å²) in [4.78, 5) is 3.30. The topological polar surface area (TPSA) is 6.48 Å². The third kappa shape index (κ3) is 8.29. The predicted molar refractivity (Wildman–Crippen MR) is 303 cm³/mol. The first-order valence-electron chi connectivity index (χ1n) is 24.1. The maximum Gasteiger partial charge on any atom is 0.150 e. The van der Waals surface area contributed by atoms with Crippen LogP contribution in [-0.2, 0) is 0 Å². The summed E-state index contributed by atoms with van der Waals surface area (Å²) < 4.78 is 82.0. The maximum atomic E-state index is 16.8. The van der Waals surface area contributed by atoms with Gasteiger partial charge in [-0.1, -0.05) is 146 Å². The Morgan fingerprint density at radius 3 is 1.05 bits per heavy atom. The van der Waals surface area contributed by atoms with E-state index in [4.69, 9.17) is 0 Å². The first kappa shape index (κ1) is 46.7. The van der Waals surface area contributed by atoms with Crippen molar-refractivity contribution in [1.29, 1.82) is 0 Å². The number of halogens is 6. The number of rotatable bonds is 10. The van der Waals surface area contributed by atoms with Crippen LogP contribution in [0, 0.1) is 46.5 Å². The van der Waals surface area contributed by atoms with E-state index in [-0.39, 0.29) is 28.6 Å². The molecule has 12 aromatic rings. The largest absolute Gasteiger partial charge is 0.304 e. The molecule has 12 aromatic carbocycles. The molecule has 0 fully saturated rings. The molecule has 12 rings (SSSR count). The molecule has 0 atom stereocenters. The van der Waals surface area contributed by atoms with Gasteiger partial charge in [-0.25, -0.2) is 22.0 Å². The number of anilines is 6. The van der Waals surface area contributed by atoms with Gasteiger partial charge < -0.3 is 9.80 Å². The number of hydrogen-bond acceptors (Lipinski definition) is 2. The molecule has 0 aliphatic rings. The molecule has 0 spiro atoms. The van der Waals surface area contributed by atoms with Crippen molar-refractivity contribution in [2.24, 2.45) is 0 Å². The highest BCUT2D eigenvalue weighted by Crippen LogP contribution is 2.50.